The molecule has 0 unspecified atom stereocenters. The number of likely N-dealkylation sites (N-methyl/N-ethyl adjacent to an activating group) is 1. The van der Waals surface area contributed by atoms with Gasteiger partial charge in [-0.2, -0.15) is 4.98 Å². The molecule has 2 fully saturated rings. The lowest BCUT2D eigenvalue weighted by atomic mass is 10.1. The third-order valence-electron chi connectivity index (χ3n) is 7.03. The van der Waals surface area contributed by atoms with Gasteiger partial charge in [0.2, 0.25) is 0 Å². The summed E-state index contributed by atoms with van der Waals surface area (Å²) in [6.45, 7) is 10.5. The van der Waals surface area contributed by atoms with Gasteiger partial charge in [0.15, 0.2) is 11.3 Å². The zero-order valence-electron chi connectivity index (χ0n) is 20.9. The molecule has 1 aliphatic heterocycles. The molecule has 0 bridgehead atoms. The molecule has 1 amide bonds. The molecule has 0 atom stereocenters. The number of oxazole rings is 1. The first-order valence-corrected chi connectivity index (χ1v) is 12.8. The highest BCUT2D eigenvalue weighted by molar-refractivity contribution is 5.94. The molecule has 1 aromatic carbocycles. The average molecular weight is 478 g/mol. The van der Waals surface area contributed by atoms with E-state index in [1.807, 2.05) is 49.1 Å². The Kier molecular flexibility index (Phi) is 6.75. The van der Waals surface area contributed by atoms with Gasteiger partial charge in [-0.1, -0.05) is 19.8 Å². The summed E-state index contributed by atoms with van der Waals surface area (Å²) < 4.78 is 11.9. The summed E-state index contributed by atoms with van der Waals surface area (Å²) in [6.07, 6.45) is 6.80. The number of rotatable bonds is 7. The van der Waals surface area contributed by atoms with Gasteiger partial charge in [-0.15, -0.1) is 0 Å². The van der Waals surface area contributed by atoms with Gasteiger partial charge in [0.25, 0.3) is 5.91 Å². The molecule has 1 saturated heterocycles. The summed E-state index contributed by atoms with van der Waals surface area (Å²) in [4.78, 5) is 26.3. The number of nitrogens with one attached hydrogen (secondary N) is 1. The fourth-order valence-corrected chi connectivity index (χ4v) is 5.06. The molecule has 35 heavy (non-hydrogen) atoms. The Hall–Kier alpha value is -2.97. The molecular formula is C27H35N5O3. The van der Waals surface area contributed by atoms with Gasteiger partial charge in [0.1, 0.15) is 5.52 Å². The fraction of sp³-hybridized carbons (Fsp3) is 0.519. The maximum Gasteiger partial charge on any atom is 0.396 e. The average Bonchev–Trinajstić information content (AvgIpc) is 3.51. The lowest BCUT2D eigenvalue weighted by Crippen LogP contribution is -2.49. The molecule has 186 valence electrons. The van der Waals surface area contributed by atoms with E-state index in [4.69, 9.17) is 9.15 Å². The summed E-state index contributed by atoms with van der Waals surface area (Å²) in [6, 6.07) is 10.0. The van der Waals surface area contributed by atoms with Crippen LogP contribution in [0.4, 0.5) is 0 Å². The van der Waals surface area contributed by atoms with Crippen LogP contribution in [0.2, 0.25) is 0 Å². The van der Waals surface area contributed by atoms with Crippen molar-refractivity contribution in [2.24, 2.45) is 0 Å². The normalized spacial score (nSPS) is 17.9. The Balaban J connectivity index is 1.26. The number of piperazine rings is 1. The molecular weight excluding hydrogens is 442 g/mol. The van der Waals surface area contributed by atoms with Crippen molar-refractivity contribution in [1.82, 2.24) is 25.1 Å². The summed E-state index contributed by atoms with van der Waals surface area (Å²) in [5.41, 5.74) is 3.13. The monoisotopic (exact) mass is 477 g/mol. The number of benzene rings is 1. The maximum atomic E-state index is 12.9. The lowest BCUT2D eigenvalue weighted by molar-refractivity contribution is 0.0301. The number of nitrogens with zero attached hydrogens (tertiary/aromatic N) is 4. The van der Waals surface area contributed by atoms with Gasteiger partial charge in [-0.05, 0) is 63.6 Å². The highest BCUT2D eigenvalue weighted by Gasteiger charge is 2.28. The Morgan fingerprint density at radius 2 is 1.91 bits per heavy atom. The third kappa shape index (κ3) is 5.49. The Bertz CT molecular complexity index is 1160. The van der Waals surface area contributed by atoms with E-state index < -0.39 is 5.72 Å². The minimum atomic E-state index is -0.564. The molecule has 3 aromatic rings. The van der Waals surface area contributed by atoms with Crippen molar-refractivity contribution in [3.05, 3.63) is 42.1 Å². The number of amides is 1. The number of carbonyl (C=O) groups is 1. The van der Waals surface area contributed by atoms with Crippen LogP contribution in [0, 0.1) is 0 Å². The molecule has 0 spiro atoms. The van der Waals surface area contributed by atoms with Gasteiger partial charge in [-0.25, -0.2) is 0 Å². The minimum Gasteiger partial charge on any atom is -0.429 e. The first-order chi connectivity index (χ1) is 16.9. The highest BCUT2D eigenvalue weighted by Crippen LogP contribution is 2.28. The molecule has 3 heterocycles. The van der Waals surface area contributed by atoms with Crippen LogP contribution in [-0.2, 0) is 0 Å². The zero-order chi connectivity index (χ0) is 24.4. The zero-order valence-corrected chi connectivity index (χ0v) is 20.9. The Morgan fingerprint density at radius 1 is 1.14 bits per heavy atom. The first kappa shape index (κ1) is 23.8. The van der Waals surface area contributed by atoms with Crippen LogP contribution in [-0.4, -0.2) is 70.2 Å². The van der Waals surface area contributed by atoms with Crippen LogP contribution in [0.25, 0.3) is 22.4 Å². The van der Waals surface area contributed by atoms with E-state index in [1.54, 1.807) is 6.20 Å². The van der Waals surface area contributed by atoms with Gasteiger partial charge in [0, 0.05) is 44.0 Å². The van der Waals surface area contributed by atoms with Crippen molar-refractivity contribution in [1.29, 1.82) is 0 Å². The maximum absolute atomic E-state index is 12.9. The molecule has 2 aromatic heterocycles. The van der Waals surface area contributed by atoms with Crippen molar-refractivity contribution in [2.45, 2.75) is 58.2 Å². The molecule has 1 saturated carbocycles. The molecule has 0 radical (unpaired) electrons. The third-order valence-corrected chi connectivity index (χ3v) is 7.03. The van der Waals surface area contributed by atoms with Crippen LogP contribution in [0.15, 0.2) is 40.9 Å². The summed E-state index contributed by atoms with van der Waals surface area (Å²) in [5, 5.41) is 3.56. The predicted molar refractivity (Wildman–Crippen MR) is 135 cm³/mol. The summed E-state index contributed by atoms with van der Waals surface area (Å²) >= 11 is 0. The predicted octanol–water partition coefficient (Wildman–Crippen LogP) is 4.31. The van der Waals surface area contributed by atoms with E-state index in [9.17, 15) is 4.79 Å². The fourth-order valence-electron chi connectivity index (χ4n) is 5.06. The SMILES string of the molecule is CCN1CCN(C(=O)c2ccc(-c3ccc4oc(OC(C)(C)NC5CCCC5)nc4c3)nc2)CC1. The second-order valence-electron chi connectivity index (χ2n) is 10.1. The quantitative estimate of drug-likeness (QED) is 0.508. The molecule has 5 rings (SSSR count). The molecule has 2 aliphatic rings. The molecule has 1 N–H and O–H groups in total. The van der Waals surface area contributed by atoms with Crippen LogP contribution >= 0.6 is 0 Å². The molecule has 8 nitrogen and oxygen atoms in total. The lowest BCUT2D eigenvalue weighted by Gasteiger charge is -2.34. The number of carbonyl (C=O) groups excluding carboxylic acids is 1. The standard InChI is InChI=1S/C27H35N5O3/c1-4-31-13-15-32(16-14-31)25(33)20-9-11-22(28-18-20)19-10-12-24-23(17-19)29-26(34-24)35-27(2,3)30-21-7-5-6-8-21/h9-12,17-18,21,30H,4-8,13-16H2,1-3H3. The van der Waals surface area contributed by atoms with E-state index in [2.05, 4.69) is 27.1 Å². The van der Waals surface area contributed by atoms with Gasteiger partial charge < -0.3 is 19.0 Å². The van der Waals surface area contributed by atoms with Crippen molar-refractivity contribution in [3.8, 4) is 17.3 Å². The van der Waals surface area contributed by atoms with Crippen molar-refractivity contribution < 1.29 is 13.9 Å². The van der Waals surface area contributed by atoms with E-state index in [1.165, 1.54) is 25.7 Å². The number of hydrogen-bond acceptors (Lipinski definition) is 7. The first-order valence-electron chi connectivity index (χ1n) is 12.8. The Morgan fingerprint density at radius 3 is 2.60 bits per heavy atom. The van der Waals surface area contributed by atoms with Crippen LogP contribution in [0.3, 0.4) is 0 Å². The van der Waals surface area contributed by atoms with Gasteiger partial charge in [0.05, 0.1) is 11.3 Å². The second kappa shape index (κ2) is 9.95. The van der Waals surface area contributed by atoms with Crippen molar-refractivity contribution >= 4 is 17.0 Å². The number of ether oxygens (including phenoxy) is 1. The van der Waals surface area contributed by atoms with Crippen LogP contribution < -0.4 is 10.1 Å². The topological polar surface area (TPSA) is 83.7 Å². The largest absolute Gasteiger partial charge is 0.429 e. The van der Waals surface area contributed by atoms with Crippen LogP contribution in [0.5, 0.6) is 6.08 Å². The molecule has 8 heteroatoms. The van der Waals surface area contributed by atoms with Crippen LogP contribution in [0.1, 0.15) is 56.8 Å². The summed E-state index contributed by atoms with van der Waals surface area (Å²) in [5.74, 6) is 0.0439. The molecule has 1 aliphatic carbocycles. The highest BCUT2D eigenvalue weighted by atomic mass is 16.6. The van der Waals surface area contributed by atoms with E-state index >= 15 is 0 Å². The minimum absolute atomic E-state index is 0.0439. The van der Waals surface area contributed by atoms with E-state index in [-0.39, 0.29) is 12.0 Å². The van der Waals surface area contributed by atoms with Gasteiger partial charge >= 0.3 is 6.08 Å². The Labute approximate surface area is 206 Å². The smallest absolute Gasteiger partial charge is 0.396 e. The number of fused-ring (bicyclic) bond motifs is 1. The number of hydrogen-bond donors (Lipinski definition) is 1. The summed E-state index contributed by atoms with van der Waals surface area (Å²) in [7, 11) is 0. The van der Waals surface area contributed by atoms with E-state index in [0.29, 0.717) is 22.7 Å². The van der Waals surface area contributed by atoms with Crippen molar-refractivity contribution in [2.75, 3.05) is 32.7 Å². The second-order valence-corrected chi connectivity index (χ2v) is 10.1. The number of aromatic nitrogens is 2. The number of pyridine rings is 1. The van der Waals surface area contributed by atoms with Gasteiger partial charge in [-0.3, -0.25) is 15.1 Å². The van der Waals surface area contributed by atoms with Crippen molar-refractivity contribution in [3.63, 3.8) is 0 Å². The van der Waals surface area contributed by atoms with E-state index in [0.717, 1.165) is 44.0 Å².